The number of rotatable bonds is 3. The Bertz CT molecular complexity index is 219. The molecule has 0 heterocycles. The standard InChI is InChI=1S/C10H13Br/c1-4-10(11)8(3)7(2)9-5-6-9/h4,9H,1-2,5-6H2,3H3/b10-8+. The topological polar surface area (TPSA) is 0 Å². The van der Waals surface area contributed by atoms with Crippen LogP contribution in [0.2, 0.25) is 0 Å². The summed E-state index contributed by atoms with van der Waals surface area (Å²) >= 11 is 3.44. The van der Waals surface area contributed by atoms with Crippen LogP contribution in [0.5, 0.6) is 0 Å². The number of hydrogen-bond donors (Lipinski definition) is 0. The maximum absolute atomic E-state index is 4.05. The van der Waals surface area contributed by atoms with Gasteiger partial charge in [-0.3, -0.25) is 0 Å². The van der Waals surface area contributed by atoms with Crippen molar-refractivity contribution >= 4 is 15.9 Å². The van der Waals surface area contributed by atoms with E-state index in [1.165, 1.54) is 24.0 Å². The highest BCUT2D eigenvalue weighted by molar-refractivity contribution is 9.11. The lowest BCUT2D eigenvalue weighted by Gasteiger charge is -2.04. The Morgan fingerprint density at radius 3 is 2.45 bits per heavy atom. The Morgan fingerprint density at radius 1 is 1.55 bits per heavy atom. The molecule has 1 aliphatic rings. The van der Waals surface area contributed by atoms with E-state index in [-0.39, 0.29) is 0 Å². The molecule has 0 aromatic carbocycles. The van der Waals surface area contributed by atoms with E-state index in [4.69, 9.17) is 0 Å². The second kappa shape index (κ2) is 3.40. The van der Waals surface area contributed by atoms with E-state index in [0.29, 0.717) is 0 Å². The molecular formula is C10H13Br. The van der Waals surface area contributed by atoms with Crippen molar-refractivity contribution in [3.63, 3.8) is 0 Å². The fourth-order valence-electron chi connectivity index (χ4n) is 1.04. The first-order valence-corrected chi connectivity index (χ1v) is 4.64. The fraction of sp³-hybridized carbons (Fsp3) is 0.400. The van der Waals surface area contributed by atoms with E-state index < -0.39 is 0 Å². The van der Waals surface area contributed by atoms with Gasteiger partial charge in [-0.25, -0.2) is 0 Å². The fourth-order valence-corrected chi connectivity index (χ4v) is 1.30. The van der Waals surface area contributed by atoms with Crippen LogP contribution >= 0.6 is 15.9 Å². The smallest absolute Gasteiger partial charge is 0.0201 e. The summed E-state index contributed by atoms with van der Waals surface area (Å²) in [4.78, 5) is 0. The van der Waals surface area contributed by atoms with Gasteiger partial charge in [0.2, 0.25) is 0 Å². The second-order valence-electron chi connectivity index (χ2n) is 2.98. The molecule has 0 N–H and O–H groups in total. The van der Waals surface area contributed by atoms with E-state index >= 15 is 0 Å². The van der Waals surface area contributed by atoms with Crippen molar-refractivity contribution in [3.05, 3.63) is 34.9 Å². The highest BCUT2D eigenvalue weighted by atomic mass is 79.9. The van der Waals surface area contributed by atoms with Crippen LogP contribution in [-0.4, -0.2) is 0 Å². The van der Waals surface area contributed by atoms with Gasteiger partial charge in [-0.1, -0.05) is 35.2 Å². The molecule has 0 aromatic heterocycles. The molecule has 1 saturated carbocycles. The largest absolute Gasteiger partial charge is 0.0979 e. The molecule has 1 rings (SSSR count). The quantitative estimate of drug-likeness (QED) is 0.625. The zero-order chi connectivity index (χ0) is 8.43. The Labute approximate surface area is 76.8 Å². The molecule has 0 bridgehead atoms. The van der Waals surface area contributed by atoms with Crippen LogP contribution in [-0.2, 0) is 0 Å². The van der Waals surface area contributed by atoms with Gasteiger partial charge < -0.3 is 0 Å². The Balaban J connectivity index is 2.72. The van der Waals surface area contributed by atoms with Crippen molar-refractivity contribution in [1.82, 2.24) is 0 Å². The van der Waals surface area contributed by atoms with Crippen molar-refractivity contribution in [2.24, 2.45) is 5.92 Å². The Kier molecular flexibility index (Phi) is 2.72. The number of allylic oxidation sites excluding steroid dienone is 4. The number of hydrogen-bond acceptors (Lipinski definition) is 0. The van der Waals surface area contributed by atoms with Crippen molar-refractivity contribution in [1.29, 1.82) is 0 Å². The lowest BCUT2D eigenvalue weighted by atomic mass is 10.1. The summed E-state index contributed by atoms with van der Waals surface area (Å²) in [5.41, 5.74) is 2.53. The van der Waals surface area contributed by atoms with Gasteiger partial charge in [-0.2, -0.15) is 0 Å². The van der Waals surface area contributed by atoms with Gasteiger partial charge >= 0.3 is 0 Å². The lowest BCUT2D eigenvalue weighted by Crippen LogP contribution is -1.86. The first-order valence-electron chi connectivity index (χ1n) is 3.84. The van der Waals surface area contributed by atoms with Crippen molar-refractivity contribution < 1.29 is 0 Å². The summed E-state index contributed by atoms with van der Waals surface area (Å²) in [7, 11) is 0. The highest BCUT2D eigenvalue weighted by Gasteiger charge is 2.25. The molecule has 0 spiro atoms. The van der Waals surface area contributed by atoms with Crippen LogP contribution in [0.1, 0.15) is 19.8 Å². The molecule has 0 nitrogen and oxygen atoms in total. The van der Waals surface area contributed by atoms with Crippen LogP contribution in [0.4, 0.5) is 0 Å². The SMILES string of the molecule is C=C/C(Br)=C(/C)C(=C)C1CC1. The molecule has 1 aliphatic carbocycles. The van der Waals surface area contributed by atoms with E-state index in [0.717, 1.165) is 10.4 Å². The highest BCUT2D eigenvalue weighted by Crippen LogP contribution is 2.40. The summed E-state index contributed by atoms with van der Waals surface area (Å²) in [6.45, 7) is 9.84. The molecule has 0 radical (unpaired) electrons. The zero-order valence-corrected chi connectivity index (χ0v) is 8.45. The first-order chi connectivity index (χ1) is 5.16. The van der Waals surface area contributed by atoms with Gasteiger partial charge in [-0.05, 0) is 36.8 Å². The Morgan fingerprint density at radius 2 is 2.09 bits per heavy atom. The third-order valence-electron chi connectivity index (χ3n) is 2.09. The second-order valence-corrected chi connectivity index (χ2v) is 3.83. The van der Waals surface area contributed by atoms with E-state index in [1.54, 1.807) is 0 Å². The molecule has 0 atom stereocenters. The molecule has 0 aromatic rings. The van der Waals surface area contributed by atoms with Gasteiger partial charge in [0.1, 0.15) is 0 Å². The summed E-state index contributed by atoms with van der Waals surface area (Å²) in [6.07, 6.45) is 4.45. The lowest BCUT2D eigenvalue weighted by molar-refractivity contribution is 1.02. The maximum atomic E-state index is 4.05. The third-order valence-corrected chi connectivity index (χ3v) is 3.01. The van der Waals surface area contributed by atoms with Gasteiger partial charge in [0.15, 0.2) is 0 Å². The van der Waals surface area contributed by atoms with Crippen LogP contribution < -0.4 is 0 Å². The molecule has 0 amide bonds. The van der Waals surface area contributed by atoms with Crippen molar-refractivity contribution in [2.75, 3.05) is 0 Å². The van der Waals surface area contributed by atoms with Gasteiger partial charge in [0.25, 0.3) is 0 Å². The van der Waals surface area contributed by atoms with E-state index in [2.05, 4.69) is 36.0 Å². The van der Waals surface area contributed by atoms with Crippen LogP contribution in [0, 0.1) is 5.92 Å². The summed E-state index contributed by atoms with van der Waals surface area (Å²) in [6, 6.07) is 0. The van der Waals surface area contributed by atoms with E-state index in [1.807, 2.05) is 6.08 Å². The molecule has 1 fully saturated rings. The Hall–Kier alpha value is -0.300. The molecule has 0 aliphatic heterocycles. The minimum absolute atomic E-state index is 0.752. The van der Waals surface area contributed by atoms with Crippen LogP contribution in [0.15, 0.2) is 34.9 Å². The normalized spacial score (nSPS) is 19.1. The van der Waals surface area contributed by atoms with Crippen molar-refractivity contribution in [3.8, 4) is 0 Å². The minimum atomic E-state index is 0.752. The minimum Gasteiger partial charge on any atom is -0.0979 e. The third kappa shape index (κ3) is 2.06. The van der Waals surface area contributed by atoms with Gasteiger partial charge in [0, 0.05) is 4.48 Å². The monoisotopic (exact) mass is 212 g/mol. The van der Waals surface area contributed by atoms with Crippen LogP contribution in [0.25, 0.3) is 0 Å². The molecule has 60 valence electrons. The molecular weight excluding hydrogens is 200 g/mol. The molecule has 0 saturated heterocycles. The molecule has 1 heteroatoms. The predicted molar refractivity (Wildman–Crippen MR) is 53.7 cm³/mol. The first kappa shape index (κ1) is 8.79. The van der Waals surface area contributed by atoms with Crippen molar-refractivity contribution in [2.45, 2.75) is 19.8 Å². The molecule has 0 unspecified atom stereocenters. The summed E-state index contributed by atoms with van der Waals surface area (Å²) in [5.74, 6) is 0.752. The maximum Gasteiger partial charge on any atom is 0.0201 e. The van der Waals surface area contributed by atoms with Gasteiger partial charge in [-0.15, -0.1) is 0 Å². The van der Waals surface area contributed by atoms with Gasteiger partial charge in [0.05, 0.1) is 0 Å². The van der Waals surface area contributed by atoms with Crippen LogP contribution in [0.3, 0.4) is 0 Å². The summed E-state index contributed by atoms with van der Waals surface area (Å²) < 4.78 is 1.08. The average Bonchev–Trinajstić information content (AvgIpc) is 2.82. The number of halogens is 1. The predicted octanol–water partition coefficient (Wildman–Crippen LogP) is 3.81. The van der Waals surface area contributed by atoms with E-state index in [9.17, 15) is 0 Å². The zero-order valence-electron chi connectivity index (χ0n) is 6.86. The summed E-state index contributed by atoms with van der Waals surface area (Å²) in [5, 5.41) is 0. The average molecular weight is 213 g/mol. The molecule has 11 heavy (non-hydrogen) atoms.